The molecule has 8 heteroatoms. The first kappa shape index (κ1) is 23.1. The monoisotopic (exact) mass is 502 g/mol. The summed E-state index contributed by atoms with van der Waals surface area (Å²) in [6.45, 7) is 6.26. The van der Waals surface area contributed by atoms with Crippen molar-refractivity contribution in [1.29, 1.82) is 0 Å². The Morgan fingerprint density at radius 1 is 1.29 bits per heavy atom. The van der Waals surface area contributed by atoms with Crippen molar-refractivity contribution in [3.63, 3.8) is 0 Å². The number of hydrogen-bond donors (Lipinski definition) is 2. The first-order valence-corrected chi connectivity index (χ1v) is 10.5. The van der Waals surface area contributed by atoms with Gasteiger partial charge < -0.3 is 19.9 Å². The van der Waals surface area contributed by atoms with Crippen LogP contribution in [-0.4, -0.2) is 53.1 Å². The number of allylic oxidation sites excluding steroid dienone is 1. The molecule has 3 rings (SSSR count). The quantitative estimate of drug-likeness (QED) is 0.235. The fourth-order valence-corrected chi connectivity index (χ4v) is 3.66. The molecule has 1 fully saturated rings. The van der Waals surface area contributed by atoms with Crippen molar-refractivity contribution in [3.05, 3.63) is 23.8 Å². The number of nitrogens with zero attached hydrogens (tertiary/aromatic N) is 4. The van der Waals surface area contributed by atoms with Crippen LogP contribution in [-0.2, 0) is 17.7 Å². The highest BCUT2D eigenvalue weighted by Gasteiger charge is 2.15. The Labute approximate surface area is 185 Å². The maximum absolute atomic E-state index is 5.70. The minimum atomic E-state index is 0. The number of rotatable bonds is 9. The predicted octanol–water partition coefficient (Wildman–Crippen LogP) is 3.06. The second-order valence-electron chi connectivity index (χ2n) is 7.33. The van der Waals surface area contributed by atoms with Crippen LogP contribution < -0.4 is 10.6 Å². The molecular formula is C20H35IN6O. The number of hydrogen-bond acceptors (Lipinski definition) is 4. The lowest BCUT2D eigenvalue weighted by molar-refractivity contribution is 0.117. The lowest BCUT2D eigenvalue weighted by Crippen LogP contribution is -2.40. The Hall–Kier alpha value is -1.16. The van der Waals surface area contributed by atoms with E-state index in [0.717, 1.165) is 70.3 Å². The SMILES string of the molecule is CCc1nncn1CCNC(=NCC1CCCO1)NCCC1=CCCCC1.I. The molecule has 1 unspecified atom stereocenters. The fourth-order valence-electron chi connectivity index (χ4n) is 3.66. The predicted molar refractivity (Wildman–Crippen MR) is 123 cm³/mol. The van der Waals surface area contributed by atoms with Crippen molar-refractivity contribution in [2.75, 3.05) is 26.2 Å². The molecule has 2 heterocycles. The summed E-state index contributed by atoms with van der Waals surface area (Å²) in [5.41, 5.74) is 1.59. The molecule has 2 aliphatic rings. The molecule has 0 saturated carbocycles. The molecule has 1 aliphatic heterocycles. The molecule has 1 aliphatic carbocycles. The van der Waals surface area contributed by atoms with Gasteiger partial charge in [0.05, 0.1) is 12.6 Å². The van der Waals surface area contributed by atoms with Gasteiger partial charge in [-0.3, -0.25) is 4.99 Å². The van der Waals surface area contributed by atoms with Crippen LogP contribution in [0.4, 0.5) is 0 Å². The van der Waals surface area contributed by atoms with Crippen LogP contribution in [0.25, 0.3) is 0 Å². The summed E-state index contributed by atoms with van der Waals surface area (Å²) in [5, 5.41) is 15.1. The van der Waals surface area contributed by atoms with Crippen molar-refractivity contribution < 1.29 is 4.74 Å². The van der Waals surface area contributed by atoms with E-state index in [2.05, 4.69) is 38.4 Å². The van der Waals surface area contributed by atoms with Gasteiger partial charge in [-0.15, -0.1) is 34.2 Å². The Kier molecular flexibility index (Phi) is 10.8. The molecule has 158 valence electrons. The normalized spacial score (nSPS) is 19.8. The van der Waals surface area contributed by atoms with Gasteiger partial charge in [0.25, 0.3) is 0 Å². The van der Waals surface area contributed by atoms with Crippen molar-refractivity contribution in [1.82, 2.24) is 25.4 Å². The average molecular weight is 502 g/mol. The van der Waals surface area contributed by atoms with Crippen LogP contribution in [0.2, 0.25) is 0 Å². The number of aromatic nitrogens is 3. The molecule has 0 aromatic carbocycles. The molecular weight excluding hydrogens is 467 g/mol. The number of guanidine groups is 1. The van der Waals surface area contributed by atoms with E-state index in [1.54, 1.807) is 11.9 Å². The third kappa shape index (κ3) is 7.69. The van der Waals surface area contributed by atoms with Gasteiger partial charge in [0.2, 0.25) is 0 Å². The van der Waals surface area contributed by atoms with E-state index >= 15 is 0 Å². The number of ether oxygens (including phenoxy) is 1. The lowest BCUT2D eigenvalue weighted by Gasteiger charge is -2.16. The first-order valence-electron chi connectivity index (χ1n) is 10.5. The van der Waals surface area contributed by atoms with E-state index in [-0.39, 0.29) is 30.1 Å². The summed E-state index contributed by atoms with van der Waals surface area (Å²) >= 11 is 0. The zero-order valence-electron chi connectivity index (χ0n) is 17.0. The minimum absolute atomic E-state index is 0. The second kappa shape index (κ2) is 13.1. The zero-order valence-corrected chi connectivity index (χ0v) is 19.4. The van der Waals surface area contributed by atoms with Crippen LogP contribution >= 0.6 is 24.0 Å². The first-order chi connectivity index (χ1) is 13.3. The highest BCUT2D eigenvalue weighted by Crippen LogP contribution is 2.19. The van der Waals surface area contributed by atoms with Gasteiger partial charge in [0, 0.05) is 32.7 Å². The van der Waals surface area contributed by atoms with E-state index in [9.17, 15) is 0 Å². The maximum atomic E-state index is 5.70. The van der Waals surface area contributed by atoms with E-state index in [1.165, 1.54) is 25.7 Å². The molecule has 0 radical (unpaired) electrons. The summed E-state index contributed by atoms with van der Waals surface area (Å²) in [6.07, 6.45) is 13.9. The third-order valence-corrected chi connectivity index (χ3v) is 5.26. The molecule has 1 aromatic heterocycles. The molecule has 1 saturated heterocycles. The van der Waals surface area contributed by atoms with Crippen LogP contribution in [0.1, 0.15) is 57.7 Å². The highest BCUT2D eigenvalue weighted by molar-refractivity contribution is 14.0. The Morgan fingerprint density at radius 3 is 2.93 bits per heavy atom. The molecule has 2 N–H and O–H groups in total. The molecule has 0 spiro atoms. The molecule has 0 amide bonds. The molecule has 28 heavy (non-hydrogen) atoms. The van der Waals surface area contributed by atoms with Crippen molar-refractivity contribution in [2.24, 2.45) is 4.99 Å². The summed E-state index contributed by atoms with van der Waals surface area (Å²) in [4.78, 5) is 4.76. The van der Waals surface area contributed by atoms with Gasteiger partial charge in [-0.25, -0.2) is 0 Å². The van der Waals surface area contributed by atoms with E-state index in [0.29, 0.717) is 0 Å². The van der Waals surface area contributed by atoms with E-state index < -0.39 is 0 Å². The number of aryl methyl sites for hydroxylation is 1. The van der Waals surface area contributed by atoms with Gasteiger partial charge >= 0.3 is 0 Å². The summed E-state index contributed by atoms with van der Waals surface area (Å²) in [6, 6.07) is 0. The van der Waals surface area contributed by atoms with E-state index in [4.69, 9.17) is 9.73 Å². The average Bonchev–Trinajstić information content (AvgIpc) is 3.38. The minimum Gasteiger partial charge on any atom is -0.376 e. The van der Waals surface area contributed by atoms with Crippen LogP contribution in [0.5, 0.6) is 0 Å². The van der Waals surface area contributed by atoms with Crippen molar-refractivity contribution in [3.8, 4) is 0 Å². The molecule has 0 bridgehead atoms. The number of nitrogens with one attached hydrogen (secondary N) is 2. The Morgan fingerprint density at radius 2 is 2.18 bits per heavy atom. The van der Waals surface area contributed by atoms with Crippen LogP contribution in [0, 0.1) is 0 Å². The Bertz CT molecular complexity index is 624. The van der Waals surface area contributed by atoms with Crippen LogP contribution in [0.3, 0.4) is 0 Å². The topological polar surface area (TPSA) is 76.4 Å². The molecule has 1 aromatic rings. The van der Waals surface area contributed by atoms with Gasteiger partial charge in [0.1, 0.15) is 12.2 Å². The van der Waals surface area contributed by atoms with E-state index in [1.807, 2.05) is 0 Å². The summed E-state index contributed by atoms with van der Waals surface area (Å²) in [5.74, 6) is 1.90. The molecule has 1 atom stereocenters. The summed E-state index contributed by atoms with van der Waals surface area (Å²) < 4.78 is 7.80. The van der Waals surface area contributed by atoms with Crippen molar-refractivity contribution in [2.45, 2.75) is 70.9 Å². The van der Waals surface area contributed by atoms with Gasteiger partial charge in [-0.05, 0) is 44.9 Å². The number of aliphatic imine (C=N–C) groups is 1. The summed E-state index contributed by atoms with van der Waals surface area (Å²) in [7, 11) is 0. The smallest absolute Gasteiger partial charge is 0.191 e. The third-order valence-electron chi connectivity index (χ3n) is 5.26. The maximum Gasteiger partial charge on any atom is 0.191 e. The van der Waals surface area contributed by atoms with Crippen LogP contribution in [0.15, 0.2) is 23.0 Å². The lowest BCUT2D eigenvalue weighted by atomic mass is 9.97. The van der Waals surface area contributed by atoms with Gasteiger partial charge in [-0.2, -0.15) is 0 Å². The Balaban J connectivity index is 0.00000280. The standard InChI is InChI=1S/C20H34N6O.HI/c1-2-19-25-24-16-26(19)13-12-22-20(23-15-18-9-6-14-27-18)21-11-10-17-7-4-3-5-8-17;/h7,16,18H,2-6,8-15H2,1H3,(H2,21,22,23);1H. The van der Waals surface area contributed by atoms with Gasteiger partial charge in [0.15, 0.2) is 5.96 Å². The highest BCUT2D eigenvalue weighted by atomic mass is 127. The molecule has 7 nitrogen and oxygen atoms in total. The zero-order chi connectivity index (χ0) is 18.7. The second-order valence-corrected chi connectivity index (χ2v) is 7.33. The number of halogens is 1. The largest absolute Gasteiger partial charge is 0.376 e. The van der Waals surface area contributed by atoms with Crippen molar-refractivity contribution >= 4 is 29.9 Å². The van der Waals surface area contributed by atoms with Gasteiger partial charge in [-0.1, -0.05) is 18.6 Å². The fraction of sp³-hybridized carbons (Fsp3) is 0.750.